The second-order valence-electron chi connectivity index (χ2n) is 4.34. The highest BCUT2D eigenvalue weighted by atomic mass is 35.5. The van der Waals surface area contributed by atoms with Crippen molar-refractivity contribution in [3.8, 4) is 22.7 Å². The molecule has 6 heteroatoms. The van der Waals surface area contributed by atoms with Gasteiger partial charge in [-0.1, -0.05) is 17.7 Å². The first kappa shape index (κ1) is 13.9. The topological polar surface area (TPSA) is 44.1 Å². The Bertz CT molecular complexity index is 795. The molecule has 0 saturated heterocycles. The van der Waals surface area contributed by atoms with Gasteiger partial charge in [0.05, 0.1) is 22.7 Å². The van der Waals surface area contributed by atoms with Gasteiger partial charge in [-0.25, -0.2) is 4.68 Å². The van der Waals surface area contributed by atoms with Crippen molar-refractivity contribution in [3.63, 3.8) is 0 Å². The Labute approximate surface area is 130 Å². The van der Waals surface area contributed by atoms with E-state index in [0.29, 0.717) is 15.6 Å². The summed E-state index contributed by atoms with van der Waals surface area (Å²) in [6.45, 7) is 0. The second-order valence-corrected chi connectivity index (χ2v) is 5.88. The van der Waals surface area contributed by atoms with Gasteiger partial charge in [-0.2, -0.15) is 5.10 Å². The summed E-state index contributed by atoms with van der Waals surface area (Å²) in [5.74, 6) is 0.732. The van der Waals surface area contributed by atoms with Crippen molar-refractivity contribution >= 4 is 29.2 Å². The minimum absolute atomic E-state index is 0.521. The van der Waals surface area contributed by atoms with Crippen LogP contribution in [-0.2, 0) is 0 Å². The van der Waals surface area contributed by atoms with Crippen molar-refractivity contribution in [2.75, 3.05) is 7.11 Å². The van der Waals surface area contributed by atoms with Gasteiger partial charge < -0.3 is 4.74 Å². The largest absolute Gasteiger partial charge is 0.497 e. The van der Waals surface area contributed by atoms with E-state index in [1.807, 2.05) is 29.6 Å². The number of benzene rings is 1. The fourth-order valence-corrected chi connectivity index (χ4v) is 2.88. The third kappa shape index (κ3) is 2.70. The lowest BCUT2D eigenvalue weighted by atomic mass is 10.2. The molecule has 3 aromatic rings. The van der Waals surface area contributed by atoms with E-state index in [2.05, 4.69) is 5.10 Å². The smallest absolute Gasteiger partial charge is 0.153 e. The van der Waals surface area contributed by atoms with Gasteiger partial charge in [-0.3, -0.25) is 4.79 Å². The van der Waals surface area contributed by atoms with Crippen LogP contribution in [0.25, 0.3) is 16.9 Å². The highest BCUT2D eigenvalue weighted by molar-refractivity contribution is 7.14. The van der Waals surface area contributed by atoms with E-state index in [-0.39, 0.29) is 0 Å². The maximum absolute atomic E-state index is 11.3. The Morgan fingerprint density at radius 1 is 1.38 bits per heavy atom. The Morgan fingerprint density at radius 2 is 2.24 bits per heavy atom. The lowest BCUT2D eigenvalue weighted by Gasteiger charge is -2.03. The molecule has 0 amide bonds. The summed E-state index contributed by atoms with van der Waals surface area (Å²) in [6, 6.07) is 9.28. The number of halogens is 1. The van der Waals surface area contributed by atoms with Crippen molar-refractivity contribution in [1.82, 2.24) is 9.78 Å². The number of aromatic nitrogens is 2. The number of hydrogen-bond donors (Lipinski definition) is 0. The molecular weight excluding hydrogens is 308 g/mol. The number of thiophene rings is 1. The highest BCUT2D eigenvalue weighted by Crippen LogP contribution is 2.30. The van der Waals surface area contributed by atoms with Crippen LogP contribution in [0.1, 0.15) is 10.4 Å². The van der Waals surface area contributed by atoms with Crippen molar-refractivity contribution in [1.29, 1.82) is 0 Å². The van der Waals surface area contributed by atoms with Crippen LogP contribution in [0.5, 0.6) is 5.75 Å². The van der Waals surface area contributed by atoms with E-state index < -0.39 is 0 Å². The first-order valence-corrected chi connectivity index (χ1v) is 7.40. The summed E-state index contributed by atoms with van der Waals surface area (Å²) in [5.41, 5.74) is 2.81. The van der Waals surface area contributed by atoms with E-state index in [0.717, 1.165) is 23.3 Å². The summed E-state index contributed by atoms with van der Waals surface area (Å²) >= 11 is 7.36. The van der Waals surface area contributed by atoms with Crippen LogP contribution in [0, 0.1) is 0 Å². The summed E-state index contributed by atoms with van der Waals surface area (Å²) in [7, 11) is 1.61. The quantitative estimate of drug-likeness (QED) is 0.681. The van der Waals surface area contributed by atoms with Crippen molar-refractivity contribution in [2.45, 2.75) is 0 Å². The fraction of sp³-hybridized carbons (Fsp3) is 0.0667. The molecule has 106 valence electrons. The number of hydrogen-bond acceptors (Lipinski definition) is 4. The van der Waals surface area contributed by atoms with Crippen molar-refractivity contribution < 1.29 is 9.53 Å². The lowest BCUT2D eigenvalue weighted by molar-refractivity contribution is 0.112. The van der Waals surface area contributed by atoms with Gasteiger partial charge in [-0.05, 0) is 18.2 Å². The molecule has 0 spiro atoms. The van der Waals surface area contributed by atoms with Crippen LogP contribution in [0.3, 0.4) is 0 Å². The predicted molar refractivity (Wildman–Crippen MR) is 83.8 cm³/mol. The second kappa shape index (κ2) is 5.71. The first-order chi connectivity index (χ1) is 10.2. The number of carbonyl (C=O) groups is 1. The van der Waals surface area contributed by atoms with Crippen LogP contribution in [0.15, 0.2) is 41.9 Å². The van der Waals surface area contributed by atoms with Gasteiger partial charge in [0, 0.05) is 23.2 Å². The van der Waals surface area contributed by atoms with Gasteiger partial charge in [0.15, 0.2) is 6.29 Å². The molecule has 0 aliphatic rings. The van der Waals surface area contributed by atoms with Crippen LogP contribution in [0.4, 0.5) is 0 Å². The normalized spacial score (nSPS) is 10.6. The molecule has 4 nitrogen and oxygen atoms in total. The van der Waals surface area contributed by atoms with E-state index >= 15 is 0 Å². The fourth-order valence-electron chi connectivity index (χ4n) is 2.02. The predicted octanol–water partition coefficient (Wildman–Crippen LogP) is 4.08. The SMILES string of the molecule is COc1cccc(-n2cc(C=O)c(-c3csc(Cl)c3)n2)c1. The molecule has 0 aliphatic heterocycles. The van der Waals surface area contributed by atoms with E-state index in [9.17, 15) is 4.79 Å². The van der Waals surface area contributed by atoms with Crippen LogP contribution < -0.4 is 4.74 Å². The number of aldehydes is 1. The summed E-state index contributed by atoms with van der Waals surface area (Å²) in [5, 5.41) is 6.37. The minimum Gasteiger partial charge on any atom is -0.497 e. The third-order valence-corrected chi connectivity index (χ3v) is 4.12. The van der Waals surface area contributed by atoms with Crippen LogP contribution in [-0.4, -0.2) is 23.2 Å². The zero-order valence-corrected chi connectivity index (χ0v) is 12.7. The monoisotopic (exact) mass is 318 g/mol. The number of carbonyl (C=O) groups excluding carboxylic acids is 1. The van der Waals surface area contributed by atoms with Gasteiger partial charge in [0.2, 0.25) is 0 Å². The minimum atomic E-state index is 0.521. The molecule has 0 N–H and O–H groups in total. The van der Waals surface area contributed by atoms with E-state index in [1.165, 1.54) is 11.3 Å². The number of rotatable bonds is 4. The Hall–Kier alpha value is -2.11. The van der Waals surface area contributed by atoms with Crippen LogP contribution >= 0.6 is 22.9 Å². The number of methoxy groups -OCH3 is 1. The number of nitrogens with zero attached hydrogens (tertiary/aromatic N) is 2. The van der Waals surface area contributed by atoms with Gasteiger partial charge in [0.1, 0.15) is 11.4 Å². The maximum atomic E-state index is 11.3. The van der Waals surface area contributed by atoms with Crippen molar-refractivity contribution in [3.05, 3.63) is 51.8 Å². The highest BCUT2D eigenvalue weighted by Gasteiger charge is 2.13. The standard InChI is InChI=1S/C15H11ClN2O2S/c1-20-13-4-2-3-12(6-13)18-7-11(8-19)15(17-18)10-5-14(16)21-9-10/h2-9H,1H3. The molecule has 0 radical (unpaired) electrons. The Balaban J connectivity index is 2.08. The first-order valence-electron chi connectivity index (χ1n) is 6.15. The molecule has 21 heavy (non-hydrogen) atoms. The molecule has 0 unspecified atom stereocenters. The van der Waals surface area contributed by atoms with Gasteiger partial charge in [0.25, 0.3) is 0 Å². The molecule has 0 fully saturated rings. The number of ether oxygens (including phenoxy) is 1. The lowest BCUT2D eigenvalue weighted by Crippen LogP contribution is -1.95. The molecule has 3 rings (SSSR count). The molecule has 0 saturated carbocycles. The average Bonchev–Trinajstić information content (AvgIpc) is 3.13. The molecule has 2 heterocycles. The zero-order chi connectivity index (χ0) is 14.8. The summed E-state index contributed by atoms with van der Waals surface area (Å²) in [4.78, 5) is 11.3. The molecule has 1 aromatic carbocycles. The Morgan fingerprint density at radius 3 is 2.90 bits per heavy atom. The maximum Gasteiger partial charge on any atom is 0.153 e. The van der Waals surface area contributed by atoms with Gasteiger partial charge in [-0.15, -0.1) is 11.3 Å². The van der Waals surface area contributed by atoms with Crippen molar-refractivity contribution in [2.24, 2.45) is 0 Å². The molecular formula is C15H11ClN2O2S. The Kier molecular flexibility index (Phi) is 3.77. The van der Waals surface area contributed by atoms with E-state index in [1.54, 1.807) is 24.1 Å². The molecule has 0 atom stereocenters. The van der Waals surface area contributed by atoms with Gasteiger partial charge >= 0.3 is 0 Å². The summed E-state index contributed by atoms with van der Waals surface area (Å²) in [6.07, 6.45) is 2.49. The van der Waals surface area contributed by atoms with Crippen LogP contribution in [0.2, 0.25) is 4.34 Å². The molecule has 0 aliphatic carbocycles. The average molecular weight is 319 g/mol. The zero-order valence-electron chi connectivity index (χ0n) is 11.1. The molecule has 0 bridgehead atoms. The van der Waals surface area contributed by atoms with E-state index in [4.69, 9.17) is 16.3 Å². The third-order valence-electron chi connectivity index (χ3n) is 3.03. The summed E-state index contributed by atoms with van der Waals surface area (Å²) < 4.78 is 7.53. The molecule has 2 aromatic heterocycles.